The zero-order valence-electron chi connectivity index (χ0n) is 34.9. The van der Waals surface area contributed by atoms with Gasteiger partial charge < -0.3 is 144 Å². The molecule has 0 spiro atoms. The number of aliphatic carboxylic acids is 1. The molecule has 0 aliphatic carbocycles. The molecule has 0 unspecified atom stereocenters. The quantitative estimate of drug-likeness (QED) is 0.0724. The predicted octanol–water partition coefficient (Wildman–Crippen LogP) is -12.0. The summed E-state index contributed by atoms with van der Waals surface area (Å²) in [5.41, 5.74) is 0. The average molecular weight is 973 g/mol. The van der Waals surface area contributed by atoms with Gasteiger partial charge in [-0.25, -0.2) is 4.79 Å². The summed E-state index contributed by atoms with van der Waals surface area (Å²) in [7, 11) is 0. The van der Waals surface area contributed by atoms with Crippen LogP contribution in [0.15, 0.2) is 0 Å². The molecule has 0 saturated carbocycles. The first-order valence-corrected chi connectivity index (χ1v) is 20.8. The first-order valence-electron chi connectivity index (χ1n) is 20.8. The fourth-order valence-corrected chi connectivity index (χ4v) is 8.41. The average Bonchev–Trinajstić information content (AvgIpc) is 3.59. The van der Waals surface area contributed by atoms with Crippen molar-refractivity contribution in [2.45, 2.75) is 198 Å². The molecule has 6 fully saturated rings. The summed E-state index contributed by atoms with van der Waals surface area (Å²) in [6.45, 7) is -0.384. The van der Waals surface area contributed by atoms with Crippen molar-refractivity contribution in [3.05, 3.63) is 0 Å². The van der Waals surface area contributed by atoms with Crippen LogP contribution in [0.1, 0.15) is 13.8 Å². The summed E-state index contributed by atoms with van der Waals surface area (Å²) in [4.78, 5) is 11.8. The van der Waals surface area contributed by atoms with Crippen LogP contribution in [-0.4, -0.2) is 302 Å². The molecule has 0 amide bonds. The van der Waals surface area contributed by atoms with E-state index in [1.54, 1.807) is 0 Å². The summed E-state index contributed by atoms with van der Waals surface area (Å²) in [6, 6.07) is 0. The molecule has 6 rings (SSSR count). The molecule has 0 bridgehead atoms. The highest BCUT2D eigenvalue weighted by Crippen LogP contribution is 2.38. The van der Waals surface area contributed by atoms with Gasteiger partial charge in [0.25, 0.3) is 0 Å². The van der Waals surface area contributed by atoms with Crippen molar-refractivity contribution in [1.29, 1.82) is 0 Å². The van der Waals surface area contributed by atoms with Crippen molar-refractivity contribution in [2.75, 3.05) is 19.8 Å². The van der Waals surface area contributed by atoms with Crippen LogP contribution in [-0.2, 0) is 56.9 Å². The molecule has 0 aromatic heterocycles. The van der Waals surface area contributed by atoms with Crippen LogP contribution >= 0.6 is 0 Å². The van der Waals surface area contributed by atoms with Gasteiger partial charge in [0.15, 0.2) is 43.8 Å². The number of carbonyl (C=O) groups is 1. The topological polar surface area (TPSA) is 483 Å². The van der Waals surface area contributed by atoms with E-state index in [1.165, 1.54) is 13.8 Å². The van der Waals surface area contributed by atoms with Gasteiger partial charge in [-0.1, -0.05) is 0 Å². The maximum Gasteiger partial charge on any atom is 0.335 e. The molecule has 384 valence electrons. The lowest BCUT2D eigenvalue weighted by Gasteiger charge is -2.50. The second-order valence-corrected chi connectivity index (χ2v) is 16.8. The van der Waals surface area contributed by atoms with Gasteiger partial charge in [-0.05, 0) is 13.8 Å². The lowest BCUT2D eigenvalue weighted by Crippen LogP contribution is -2.68. The maximum atomic E-state index is 11.8. The Bertz CT molecular complexity index is 1550. The van der Waals surface area contributed by atoms with Crippen LogP contribution in [0.4, 0.5) is 0 Å². The molecule has 6 saturated heterocycles. The third kappa shape index (κ3) is 10.7. The number of rotatable bonds is 15. The Balaban J connectivity index is 1.20. The van der Waals surface area contributed by atoms with Crippen molar-refractivity contribution < 1.29 is 149 Å². The van der Waals surface area contributed by atoms with Gasteiger partial charge in [-0.15, -0.1) is 0 Å². The SMILES string of the molecule is C[C@@H]1O[C@@H](O)[C@H](O[C@H]2O[C@@H]([C@H](O)CO)[C@H](O[C@H]3O[C@H](CO)[C@@H](O[C@H]4O[C@@H](C)[C@H](O[C@@H]5O[C@H](C(=O)O)[C@@H](O)[C@H](O)[C@H]5O)[C@@H](O[C@H]5O[C@H](CO)[C@@H](O)[C@H](O)[C@H]5O)[C@H]4O)[C@H](O)[C@H]3O)[C@H]2O)[C@H](O)[C@H]1O. The number of aliphatic hydroxyl groups is 17. The molecule has 0 aromatic carbocycles. The van der Waals surface area contributed by atoms with Gasteiger partial charge in [0, 0.05) is 0 Å². The first kappa shape index (κ1) is 53.7. The number of aliphatic hydroxyl groups excluding tert-OH is 17. The van der Waals surface area contributed by atoms with Gasteiger partial charge in [0.1, 0.15) is 128 Å². The Kier molecular flexibility index (Phi) is 18.1. The highest BCUT2D eigenvalue weighted by molar-refractivity contribution is 5.73. The van der Waals surface area contributed by atoms with Gasteiger partial charge in [-0.3, -0.25) is 0 Å². The molecule has 6 aliphatic heterocycles. The third-order valence-corrected chi connectivity index (χ3v) is 12.3. The zero-order chi connectivity index (χ0) is 48.8. The van der Waals surface area contributed by atoms with E-state index < -0.39 is 210 Å². The lowest BCUT2D eigenvalue weighted by molar-refractivity contribution is -0.396. The van der Waals surface area contributed by atoms with Gasteiger partial charge >= 0.3 is 5.97 Å². The summed E-state index contributed by atoms with van der Waals surface area (Å²) in [5, 5.41) is 190. The van der Waals surface area contributed by atoms with Crippen LogP contribution < -0.4 is 0 Å². The fourth-order valence-electron chi connectivity index (χ4n) is 8.41. The molecule has 30 atom stereocenters. The molecular formula is C36H60O30. The molecule has 30 nitrogen and oxygen atoms in total. The number of carboxylic acids is 1. The van der Waals surface area contributed by atoms with Crippen molar-refractivity contribution in [2.24, 2.45) is 0 Å². The Morgan fingerprint density at radius 2 is 0.894 bits per heavy atom. The molecule has 30 heteroatoms. The first-order chi connectivity index (χ1) is 31.1. The summed E-state index contributed by atoms with van der Waals surface area (Å²) in [5.74, 6) is -1.78. The molecule has 0 aromatic rings. The second-order valence-electron chi connectivity index (χ2n) is 16.8. The van der Waals surface area contributed by atoms with E-state index in [1.807, 2.05) is 0 Å². The highest BCUT2D eigenvalue weighted by atomic mass is 16.8. The van der Waals surface area contributed by atoms with Gasteiger partial charge in [0.05, 0.1) is 32.0 Å². The number of ether oxygens (including phenoxy) is 11. The van der Waals surface area contributed by atoms with Crippen molar-refractivity contribution in [1.82, 2.24) is 0 Å². The molecule has 6 aliphatic rings. The van der Waals surface area contributed by atoms with Gasteiger partial charge in [-0.2, -0.15) is 0 Å². The maximum absolute atomic E-state index is 11.8. The van der Waals surface area contributed by atoms with Crippen LogP contribution in [0.2, 0.25) is 0 Å². The van der Waals surface area contributed by atoms with Crippen LogP contribution in [0.5, 0.6) is 0 Å². The Morgan fingerprint density at radius 3 is 1.48 bits per heavy atom. The Labute approximate surface area is 372 Å². The molecule has 18 N–H and O–H groups in total. The number of carboxylic acid groups (broad SMARTS) is 1. The number of hydrogen-bond acceptors (Lipinski definition) is 29. The number of hydrogen-bond donors (Lipinski definition) is 18. The molecule has 6 heterocycles. The summed E-state index contributed by atoms with van der Waals surface area (Å²) >= 11 is 0. The lowest BCUT2D eigenvalue weighted by atomic mass is 9.95. The summed E-state index contributed by atoms with van der Waals surface area (Å²) < 4.78 is 61.5. The third-order valence-electron chi connectivity index (χ3n) is 12.3. The highest BCUT2D eigenvalue weighted by Gasteiger charge is 2.58. The largest absolute Gasteiger partial charge is 0.479 e. The smallest absolute Gasteiger partial charge is 0.335 e. The fraction of sp³-hybridized carbons (Fsp3) is 0.972. The second kappa shape index (κ2) is 22.2. The standard InChI is InChI=1S/C36H60O30/c1-6-11(41)15(45)29(31(55)56-6)66-36-22(52)27(24(61-36)8(40)3-37)64-33-20(50)17(47)25(10(5-39)59-33)62-35-21(51)26(63-32-18(48)13(43)12(42)9(4-38)58-32)23(7(2)57-35)60-34-19(49)14(44)16(46)28(65-34)30(53)54/h6-29,31-52,55H,3-5H2,1-2H3,(H,53,54)/t6-,7-,8+,9+,10+,11-,12+,13-,14-,15+,16-,17+,18+,19+,20+,21+,22+,23-,24-,25+,26-,27+,28-,29+,31+,32+,33+,34+,35+,36+/m0/s1. The molecule has 0 radical (unpaired) electrons. The van der Waals surface area contributed by atoms with Crippen molar-refractivity contribution >= 4 is 5.97 Å². The molecule has 66 heavy (non-hydrogen) atoms. The molecular weight excluding hydrogens is 912 g/mol. The van der Waals surface area contributed by atoms with E-state index in [9.17, 15) is 96.7 Å². The van der Waals surface area contributed by atoms with E-state index in [-0.39, 0.29) is 0 Å². The normalized spacial score (nSPS) is 53.1. The van der Waals surface area contributed by atoms with Crippen molar-refractivity contribution in [3.63, 3.8) is 0 Å². The minimum absolute atomic E-state index is 0.921. The summed E-state index contributed by atoms with van der Waals surface area (Å²) in [6.07, 6.45) is -57.0. The predicted molar refractivity (Wildman–Crippen MR) is 197 cm³/mol. The van der Waals surface area contributed by atoms with E-state index >= 15 is 0 Å². The minimum Gasteiger partial charge on any atom is -0.479 e. The van der Waals surface area contributed by atoms with E-state index in [4.69, 9.17) is 52.1 Å². The monoisotopic (exact) mass is 972 g/mol. The van der Waals surface area contributed by atoms with Crippen LogP contribution in [0.25, 0.3) is 0 Å². The van der Waals surface area contributed by atoms with E-state index in [2.05, 4.69) is 0 Å². The Hall–Kier alpha value is -1.65. The van der Waals surface area contributed by atoms with Crippen LogP contribution in [0, 0.1) is 0 Å². The van der Waals surface area contributed by atoms with E-state index in [0.29, 0.717) is 0 Å². The Morgan fingerprint density at radius 1 is 0.439 bits per heavy atom. The van der Waals surface area contributed by atoms with Crippen LogP contribution in [0.3, 0.4) is 0 Å². The minimum atomic E-state index is -2.22. The zero-order valence-corrected chi connectivity index (χ0v) is 34.9. The van der Waals surface area contributed by atoms with Crippen molar-refractivity contribution in [3.8, 4) is 0 Å². The van der Waals surface area contributed by atoms with Gasteiger partial charge in [0.2, 0.25) is 0 Å². The van der Waals surface area contributed by atoms with E-state index in [0.717, 1.165) is 0 Å².